The van der Waals surface area contributed by atoms with E-state index >= 15 is 0 Å². The largest absolute Gasteiger partial charge is 0.398 e. The first-order chi connectivity index (χ1) is 9.00. The predicted octanol–water partition coefficient (Wildman–Crippen LogP) is 2.56. The molecule has 0 fully saturated rings. The second kappa shape index (κ2) is 5.10. The molecule has 1 aromatic heterocycles. The molecular weight excluding hydrogens is 238 g/mol. The molecule has 4 nitrogen and oxygen atoms in total. The van der Waals surface area contributed by atoms with Gasteiger partial charge in [0.05, 0.1) is 0 Å². The lowest BCUT2D eigenvalue weighted by Gasteiger charge is -2.19. The highest BCUT2D eigenvalue weighted by molar-refractivity contribution is 6.07. The molecule has 4 heteroatoms. The quantitative estimate of drug-likeness (QED) is 0.839. The lowest BCUT2D eigenvalue weighted by molar-refractivity contribution is 0.0992. The number of rotatable bonds is 2. The predicted molar refractivity (Wildman–Crippen MR) is 77.3 cm³/mol. The van der Waals surface area contributed by atoms with Crippen LogP contribution in [0, 0.1) is 13.8 Å². The molecule has 0 aliphatic heterocycles. The molecule has 2 aromatic rings. The van der Waals surface area contributed by atoms with Gasteiger partial charge in [-0.3, -0.25) is 9.78 Å². The van der Waals surface area contributed by atoms with Gasteiger partial charge in [0.25, 0.3) is 5.91 Å². The summed E-state index contributed by atoms with van der Waals surface area (Å²) in [5, 5.41) is 0. The van der Waals surface area contributed by atoms with Gasteiger partial charge in [0.2, 0.25) is 0 Å². The number of aromatic nitrogens is 1. The Balaban J connectivity index is 2.37. The minimum Gasteiger partial charge on any atom is -0.398 e. The third kappa shape index (κ3) is 2.57. The molecule has 0 spiro atoms. The Morgan fingerprint density at radius 2 is 1.79 bits per heavy atom. The fourth-order valence-electron chi connectivity index (χ4n) is 1.97. The van der Waals surface area contributed by atoms with Crippen molar-refractivity contribution in [1.82, 2.24) is 4.98 Å². The van der Waals surface area contributed by atoms with Crippen LogP contribution >= 0.6 is 0 Å². The van der Waals surface area contributed by atoms with Gasteiger partial charge in [0.15, 0.2) is 0 Å². The van der Waals surface area contributed by atoms with Crippen LogP contribution in [-0.2, 0) is 0 Å². The maximum atomic E-state index is 12.5. The Morgan fingerprint density at radius 3 is 2.42 bits per heavy atom. The van der Waals surface area contributed by atoms with E-state index in [1.165, 1.54) is 0 Å². The van der Waals surface area contributed by atoms with Crippen molar-refractivity contribution in [3.8, 4) is 0 Å². The van der Waals surface area contributed by atoms with Gasteiger partial charge in [-0.05, 0) is 43.2 Å². The molecule has 1 heterocycles. The summed E-state index contributed by atoms with van der Waals surface area (Å²) in [6.45, 7) is 3.85. The van der Waals surface area contributed by atoms with Gasteiger partial charge in [-0.25, -0.2) is 0 Å². The molecule has 0 aliphatic carbocycles. The van der Waals surface area contributed by atoms with Crippen LogP contribution in [0.3, 0.4) is 0 Å². The van der Waals surface area contributed by atoms with Crippen molar-refractivity contribution in [3.63, 3.8) is 0 Å². The molecular formula is C15H17N3O. The lowest BCUT2D eigenvalue weighted by atomic mass is 10.0. The first kappa shape index (κ1) is 13.1. The highest BCUT2D eigenvalue weighted by Gasteiger charge is 2.16. The number of aryl methyl sites for hydroxylation is 2. The van der Waals surface area contributed by atoms with Crippen molar-refractivity contribution in [2.24, 2.45) is 0 Å². The van der Waals surface area contributed by atoms with Gasteiger partial charge < -0.3 is 10.6 Å². The van der Waals surface area contributed by atoms with Gasteiger partial charge >= 0.3 is 0 Å². The Bertz CT molecular complexity index is 608. The molecule has 2 rings (SSSR count). The number of anilines is 2. The third-order valence-electron chi connectivity index (χ3n) is 3.20. The zero-order chi connectivity index (χ0) is 14.0. The highest BCUT2D eigenvalue weighted by atomic mass is 16.2. The van der Waals surface area contributed by atoms with Crippen LogP contribution in [0.1, 0.15) is 21.5 Å². The normalized spacial score (nSPS) is 10.3. The number of hydrogen-bond acceptors (Lipinski definition) is 3. The number of carbonyl (C=O) groups excluding carboxylic acids is 1. The fourth-order valence-corrected chi connectivity index (χ4v) is 1.97. The number of carbonyl (C=O) groups is 1. The average molecular weight is 255 g/mol. The summed E-state index contributed by atoms with van der Waals surface area (Å²) in [7, 11) is 1.74. The van der Waals surface area contributed by atoms with Crippen LogP contribution in [0.2, 0.25) is 0 Å². The smallest absolute Gasteiger partial charge is 0.258 e. The van der Waals surface area contributed by atoms with E-state index in [1.54, 1.807) is 42.5 Å². The Morgan fingerprint density at radius 1 is 1.16 bits per heavy atom. The van der Waals surface area contributed by atoms with E-state index in [0.29, 0.717) is 11.3 Å². The van der Waals surface area contributed by atoms with Crippen LogP contribution < -0.4 is 10.6 Å². The van der Waals surface area contributed by atoms with E-state index in [9.17, 15) is 4.79 Å². The van der Waals surface area contributed by atoms with Gasteiger partial charge in [-0.2, -0.15) is 0 Å². The molecule has 0 saturated carbocycles. The van der Waals surface area contributed by atoms with Crippen LogP contribution in [0.15, 0.2) is 36.7 Å². The summed E-state index contributed by atoms with van der Waals surface area (Å²) in [6.07, 6.45) is 3.32. The van der Waals surface area contributed by atoms with Gasteiger partial charge in [-0.1, -0.05) is 6.07 Å². The SMILES string of the molecule is Cc1cc(C)c(C(=O)N(C)c2ccncc2)cc1N. The molecule has 0 saturated heterocycles. The summed E-state index contributed by atoms with van der Waals surface area (Å²) in [5.41, 5.74) is 9.87. The van der Waals surface area contributed by atoms with Crippen LogP contribution in [0.5, 0.6) is 0 Å². The minimum absolute atomic E-state index is 0.0737. The number of pyridine rings is 1. The molecule has 0 unspecified atom stereocenters. The lowest BCUT2D eigenvalue weighted by Crippen LogP contribution is -2.27. The molecule has 1 amide bonds. The number of nitrogen functional groups attached to an aromatic ring is 1. The maximum absolute atomic E-state index is 12.5. The fraction of sp³-hybridized carbons (Fsp3) is 0.200. The number of nitrogens with two attached hydrogens (primary N) is 1. The van der Waals surface area contributed by atoms with Crippen molar-refractivity contribution in [2.45, 2.75) is 13.8 Å². The van der Waals surface area contributed by atoms with Crippen molar-refractivity contribution in [3.05, 3.63) is 53.3 Å². The van der Waals surface area contributed by atoms with E-state index in [4.69, 9.17) is 5.73 Å². The molecule has 98 valence electrons. The van der Waals surface area contributed by atoms with Gasteiger partial charge in [0.1, 0.15) is 0 Å². The number of benzene rings is 1. The van der Waals surface area contributed by atoms with E-state index < -0.39 is 0 Å². The van der Waals surface area contributed by atoms with Gasteiger partial charge in [0, 0.05) is 36.4 Å². The van der Waals surface area contributed by atoms with E-state index in [0.717, 1.165) is 16.8 Å². The van der Waals surface area contributed by atoms with Crippen molar-refractivity contribution in [1.29, 1.82) is 0 Å². The molecule has 2 N–H and O–H groups in total. The van der Waals surface area contributed by atoms with Crippen molar-refractivity contribution < 1.29 is 4.79 Å². The van der Waals surface area contributed by atoms with Crippen molar-refractivity contribution >= 4 is 17.3 Å². The molecule has 19 heavy (non-hydrogen) atoms. The van der Waals surface area contributed by atoms with E-state index in [2.05, 4.69) is 4.98 Å². The second-order valence-corrected chi connectivity index (χ2v) is 4.59. The summed E-state index contributed by atoms with van der Waals surface area (Å²) in [5.74, 6) is -0.0737. The second-order valence-electron chi connectivity index (χ2n) is 4.59. The Hall–Kier alpha value is -2.36. The Kier molecular flexibility index (Phi) is 3.51. The monoisotopic (exact) mass is 255 g/mol. The zero-order valence-electron chi connectivity index (χ0n) is 11.3. The van der Waals surface area contributed by atoms with Crippen molar-refractivity contribution in [2.75, 3.05) is 17.7 Å². The summed E-state index contributed by atoms with van der Waals surface area (Å²) < 4.78 is 0. The average Bonchev–Trinajstić information content (AvgIpc) is 2.42. The molecule has 0 bridgehead atoms. The van der Waals surface area contributed by atoms with Crippen LogP contribution in [0.4, 0.5) is 11.4 Å². The van der Waals surface area contributed by atoms with Gasteiger partial charge in [-0.15, -0.1) is 0 Å². The molecule has 0 atom stereocenters. The molecule has 0 radical (unpaired) electrons. The number of nitrogens with zero attached hydrogens (tertiary/aromatic N) is 2. The van der Waals surface area contributed by atoms with Crippen LogP contribution in [0.25, 0.3) is 0 Å². The molecule has 0 aliphatic rings. The number of amides is 1. The Labute approximate surface area is 112 Å². The highest BCUT2D eigenvalue weighted by Crippen LogP contribution is 2.21. The standard InChI is InChI=1S/C15H17N3O/c1-10-8-11(2)14(16)9-13(10)15(19)18(3)12-4-6-17-7-5-12/h4-9H,16H2,1-3H3. The topological polar surface area (TPSA) is 59.2 Å². The minimum atomic E-state index is -0.0737. The van der Waals surface area contributed by atoms with E-state index in [1.807, 2.05) is 19.9 Å². The first-order valence-electron chi connectivity index (χ1n) is 6.05. The maximum Gasteiger partial charge on any atom is 0.258 e. The van der Waals surface area contributed by atoms with E-state index in [-0.39, 0.29) is 5.91 Å². The summed E-state index contributed by atoms with van der Waals surface area (Å²) in [4.78, 5) is 18.0. The first-order valence-corrected chi connectivity index (χ1v) is 6.05. The number of hydrogen-bond donors (Lipinski definition) is 1. The van der Waals surface area contributed by atoms with Crippen LogP contribution in [-0.4, -0.2) is 17.9 Å². The third-order valence-corrected chi connectivity index (χ3v) is 3.20. The summed E-state index contributed by atoms with van der Waals surface area (Å²) >= 11 is 0. The summed E-state index contributed by atoms with van der Waals surface area (Å²) in [6, 6.07) is 7.27. The zero-order valence-corrected chi connectivity index (χ0v) is 11.3. The molecule has 1 aromatic carbocycles.